The van der Waals surface area contributed by atoms with E-state index in [-0.39, 0.29) is 0 Å². The van der Waals surface area contributed by atoms with Crippen molar-refractivity contribution in [1.29, 1.82) is 0 Å². The number of hydrogen-bond donors (Lipinski definition) is 2. The summed E-state index contributed by atoms with van der Waals surface area (Å²) in [7, 11) is 0. The highest BCUT2D eigenvalue weighted by atomic mass is 32.2. The highest BCUT2D eigenvalue weighted by Crippen LogP contribution is 2.26. The second kappa shape index (κ2) is 3.81. The van der Waals surface area contributed by atoms with E-state index < -0.39 is 12.0 Å². The molecule has 8 heteroatoms. The molecule has 0 radical (unpaired) electrons. The molecule has 17 heavy (non-hydrogen) atoms. The molecular formula is C9H8N4O3S. The Kier molecular flexibility index (Phi) is 2.29. The molecule has 0 amide bonds. The molecule has 0 aromatic carbocycles. The van der Waals surface area contributed by atoms with Gasteiger partial charge in [-0.05, 0) is 12.1 Å². The van der Waals surface area contributed by atoms with E-state index in [9.17, 15) is 4.79 Å². The van der Waals surface area contributed by atoms with E-state index in [0.717, 1.165) is 0 Å². The molecule has 0 fully saturated rings. The van der Waals surface area contributed by atoms with Gasteiger partial charge in [0.15, 0.2) is 5.76 Å². The van der Waals surface area contributed by atoms with Crippen molar-refractivity contribution >= 4 is 17.7 Å². The largest absolute Gasteiger partial charge is 0.480 e. The molecule has 1 aliphatic rings. The fourth-order valence-electron chi connectivity index (χ4n) is 1.52. The van der Waals surface area contributed by atoms with Gasteiger partial charge >= 0.3 is 5.97 Å². The summed E-state index contributed by atoms with van der Waals surface area (Å²) < 4.78 is 6.77. The second-order valence-corrected chi connectivity index (χ2v) is 4.44. The highest BCUT2D eigenvalue weighted by Gasteiger charge is 2.28. The van der Waals surface area contributed by atoms with E-state index in [1.807, 2.05) is 0 Å². The lowest BCUT2D eigenvalue weighted by atomic mass is 10.4. The summed E-state index contributed by atoms with van der Waals surface area (Å²) in [5.41, 5.74) is 2.84. The van der Waals surface area contributed by atoms with Crippen molar-refractivity contribution < 1.29 is 14.3 Å². The Morgan fingerprint density at radius 3 is 3.24 bits per heavy atom. The predicted molar refractivity (Wildman–Crippen MR) is 59.2 cm³/mol. The minimum absolute atomic E-state index is 0.422. The Labute approximate surface area is 99.8 Å². The SMILES string of the molecule is O=C(O)C1CSc2nnc(-c3ccco3)n2N1. The quantitative estimate of drug-likeness (QED) is 0.810. The number of furan rings is 1. The number of aromatic nitrogens is 3. The molecule has 3 heterocycles. The smallest absolute Gasteiger partial charge is 0.328 e. The van der Waals surface area contributed by atoms with Gasteiger partial charge in [-0.3, -0.25) is 0 Å². The molecule has 7 nitrogen and oxygen atoms in total. The molecule has 0 spiro atoms. The Balaban J connectivity index is 2.00. The lowest BCUT2D eigenvalue weighted by molar-refractivity contribution is -0.137. The number of carboxylic acid groups (broad SMARTS) is 1. The van der Waals surface area contributed by atoms with Crippen LogP contribution in [0, 0.1) is 0 Å². The number of hydrogen-bond acceptors (Lipinski definition) is 6. The highest BCUT2D eigenvalue weighted by molar-refractivity contribution is 7.99. The zero-order valence-electron chi connectivity index (χ0n) is 8.53. The van der Waals surface area contributed by atoms with Gasteiger partial charge in [-0.1, -0.05) is 11.8 Å². The van der Waals surface area contributed by atoms with E-state index in [1.54, 1.807) is 16.8 Å². The monoisotopic (exact) mass is 252 g/mol. The van der Waals surface area contributed by atoms with Gasteiger partial charge in [-0.25, -0.2) is 9.47 Å². The summed E-state index contributed by atoms with van der Waals surface area (Å²) in [6.07, 6.45) is 1.53. The molecular weight excluding hydrogens is 244 g/mol. The Hall–Kier alpha value is -1.96. The van der Waals surface area contributed by atoms with Gasteiger partial charge < -0.3 is 14.9 Å². The van der Waals surface area contributed by atoms with Crippen molar-refractivity contribution in [1.82, 2.24) is 14.9 Å². The standard InChI is InChI=1S/C9H8N4O3S/c14-8(15)5-4-17-9-11-10-7(13(9)12-5)6-2-1-3-16-6/h1-3,5,12H,4H2,(H,14,15). The number of carbonyl (C=O) groups is 1. The first kappa shape index (κ1) is 10.2. The van der Waals surface area contributed by atoms with Crippen molar-refractivity contribution in [2.45, 2.75) is 11.2 Å². The van der Waals surface area contributed by atoms with Crippen LogP contribution in [0.5, 0.6) is 0 Å². The maximum absolute atomic E-state index is 10.9. The average Bonchev–Trinajstić information content (AvgIpc) is 2.96. The molecule has 88 valence electrons. The summed E-state index contributed by atoms with van der Waals surface area (Å²) in [4.78, 5) is 10.9. The molecule has 0 aliphatic carbocycles. The minimum Gasteiger partial charge on any atom is -0.480 e. The number of thioether (sulfide) groups is 1. The van der Waals surface area contributed by atoms with Crippen LogP contribution >= 0.6 is 11.8 Å². The van der Waals surface area contributed by atoms with Crippen LogP contribution in [-0.2, 0) is 4.79 Å². The third-order valence-electron chi connectivity index (χ3n) is 2.34. The third-order valence-corrected chi connectivity index (χ3v) is 3.36. The summed E-state index contributed by atoms with van der Waals surface area (Å²) in [5.74, 6) is 0.541. The molecule has 0 saturated carbocycles. The molecule has 1 atom stereocenters. The first-order valence-corrected chi connectivity index (χ1v) is 5.85. The van der Waals surface area contributed by atoms with E-state index in [4.69, 9.17) is 9.52 Å². The lowest BCUT2D eigenvalue weighted by Crippen LogP contribution is -2.40. The summed E-state index contributed by atoms with van der Waals surface area (Å²) >= 11 is 1.35. The Morgan fingerprint density at radius 2 is 2.53 bits per heavy atom. The van der Waals surface area contributed by atoms with Crippen molar-refractivity contribution in [2.24, 2.45) is 0 Å². The van der Waals surface area contributed by atoms with Gasteiger partial charge in [0.2, 0.25) is 11.0 Å². The predicted octanol–water partition coefficient (Wildman–Crippen LogP) is 0.640. The zero-order valence-corrected chi connectivity index (χ0v) is 9.35. The number of nitrogens with zero attached hydrogens (tertiary/aromatic N) is 3. The van der Waals surface area contributed by atoms with Crippen LogP contribution in [-0.4, -0.2) is 37.7 Å². The molecule has 1 aliphatic heterocycles. The normalized spacial score (nSPS) is 18.5. The van der Waals surface area contributed by atoms with Crippen LogP contribution in [0.15, 0.2) is 28.0 Å². The van der Waals surface area contributed by atoms with Gasteiger partial charge in [0, 0.05) is 5.75 Å². The first-order valence-electron chi connectivity index (χ1n) is 4.87. The average molecular weight is 252 g/mol. The van der Waals surface area contributed by atoms with Gasteiger partial charge in [-0.15, -0.1) is 10.2 Å². The van der Waals surface area contributed by atoms with Crippen LogP contribution in [0.1, 0.15) is 0 Å². The van der Waals surface area contributed by atoms with Crippen molar-refractivity contribution in [3.05, 3.63) is 18.4 Å². The molecule has 0 bridgehead atoms. The van der Waals surface area contributed by atoms with Crippen molar-refractivity contribution in [2.75, 3.05) is 11.2 Å². The van der Waals surface area contributed by atoms with E-state index in [0.29, 0.717) is 22.5 Å². The van der Waals surface area contributed by atoms with E-state index >= 15 is 0 Å². The van der Waals surface area contributed by atoms with E-state index in [2.05, 4.69) is 15.6 Å². The summed E-state index contributed by atoms with van der Waals surface area (Å²) in [5, 5.41) is 17.5. The summed E-state index contributed by atoms with van der Waals surface area (Å²) in [6.45, 7) is 0. The number of carboxylic acids is 1. The number of fused-ring (bicyclic) bond motifs is 1. The fourth-order valence-corrected chi connectivity index (χ4v) is 2.42. The molecule has 3 rings (SSSR count). The van der Waals surface area contributed by atoms with Gasteiger partial charge in [0.1, 0.15) is 6.04 Å². The topological polar surface area (TPSA) is 93.2 Å². The second-order valence-electron chi connectivity index (χ2n) is 3.45. The fraction of sp³-hybridized carbons (Fsp3) is 0.222. The molecule has 2 aromatic rings. The Morgan fingerprint density at radius 1 is 1.65 bits per heavy atom. The maximum atomic E-state index is 10.9. The molecule has 0 saturated heterocycles. The van der Waals surface area contributed by atoms with Crippen LogP contribution in [0.25, 0.3) is 11.6 Å². The van der Waals surface area contributed by atoms with Crippen LogP contribution in [0.2, 0.25) is 0 Å². The zero-order chi connectivity index (χ0) is 11.8. The summed E-state index contributed by atoms with van der Waals surface area (Å²) in [6, 6.07) is 2.83. The minimum atomic E-state index is -0.901. The lowest BCUT2D eigenvalue weighted by Gasteiger charge is -2.22. The number of nitrogens with one attached hydrogen (secondary N) is 1. The van der Waals surface area contributed by atoms with Crippen molar-refractivity contribution in [3.8, 4) is 11.6 Å². The van der Waals surface area contributed by atoms with Gasteiger partial charge in [0.05, 0.1) is 6.26 Å². The van der Waals surface area contributed by atoms with Crippen LogP contribution in [0.3, 0.4) is 0 Å². The van der Waals surface area contributed by atoms with Gasteiger partial charge in [-0.2, -0.15) is 0 Å². The Bertz CT molecular complexity index is 551. The number of aliphatic carboxylic acids is 1. The first-order chi connectivity index (χ1) is 8.25. The van der Waals surface area contributed by atoms with Crippen LogP contribution in [0.4, 0.5) is 0 Å². The van der Waals surface area contributed by atoms with E-state index in [1.165, 1.54) is 18.0 Å². The third kappa shape index (κ3) is 1.66. The van der Waals surface area contributed by atoms with Gasteiger partial charge in [0.25, 0.3) is 0 Å². The molecule has 1 unspecified atom stereocenters. The maximum Gasteiger partial charge on any atom is 0.328 e. The molecule has 2 N–H and O–H groups in total. The van der Waals surface area contributed by atoms with Crippen LogP contribution < -0.4 is 5.43 Å². The number of rotatable bonds is 2. The molecule has 2 aromatic heterocycles. The van der Waals surface area contributed by atoms with Crippen molar-refractivity contribution in [3.63, 3.8) is 0 Å².